The predicted molar refractivity (Wildman–Crippen MR) is 137 cm³/mol. The molecule has 0 bridgehead atoms. The first-order valence-electron chi connectivity index (χ1n) is 11.4. The molecule has 4 aromatic rings. The number of urea groups is 1. The van der Waals surface area contributed by atoms with Gasteiger partial charge in [0.05, 0.1) is 22.8 Å². The van der Waals surface area contributed by atoms with Crippen LogP contribution in [0.15, 0.2) is 77.6 Å². The molecule has 1 aromatic heterocycles. The fraction of sp³-hybridized carbons (Fsp3) is 0.185. The van der Waals surface area contributed by atoms with Gasteiger partial charge in [0.2, 0.25) is 0 Å². The molecule has 0 spiro atoms. The molecule has 2 amide bonds. The maximum atomic E-state index is 13.3. The third-order valence-corrected chi connectivity index (χ3v) is 6.19. The highest BCUT2D eigenvalue weighted by atomic mass is 35.5. The number of hydrogen-bond acceptors (Lipinski definition) is 4. The summed E-state index contributed by atoms with van der Waals surface area (Å²) in [5, 5.41) is 4.12. The molecule has 35 heavy (non-hydrogen) atoms. The Morgan fingerprint density at radius 1 is 0.971 bits per heavy atom. The van der Waals surface area contributed by atoms with Crippen LogP contribution in [0.4, 0.5) is 10.5 Å². The lowest BCUT2D eigenvalue weighted by Crippen LogP contribution is -2.37. The minimum atomic E-state index is -0.337. The van der Waals surface area contributed by atoms with Gasteiger partial charge < -0.3 is 24.7 Å². The van der Waals surface area contributed by atoms with E-state index in [1.165, 1.54) is 0 Å². The van der Waals surface area contributed by atoms with E-state index in [0.717, 1.165) is 10.9 Å². The minimum absolute atomic E-state index is 0.128. The van der Waals surface area contributed by atoms with Gasteiger partial charge in [-0.3, -0.25) is 4.79 Å². The molecule has 0 radical (unpaired) electrons. The Labute approximate surface area is 207 Å². The minimum Gasteiger partial charge on any atom is -0.486 e. The highest BCUT2D eigenvalue weighted by Crippen LogP contribution is 2.33. The molecular formula is C27H24ClN3O4. The van der Waals surface area contributed by atoms with Crippen LogP contribution in [0.3, 0.4) is 0 Å². The second-order valence-corrected chi connectivity index (χ2v) is 8.68. The zero-order valence-corrected chi connectivity index (χ0v) is 19.7. The van der Waals surface area contributed by atoms with Crippen molar-refractivity contribution in [2.24, 2.45) is 0 Å². The first kappa shape index (κ1) is 22.8. The topological polar surface area (TPSA) is 83.7 Å². The van der Waals surface area contributed by atoms with E-state index in [0.29, 0.717) is 59.5 Å². The van der Waals surface area contributed by atoms with Crippen LogP contribution < -0.4 is 20.3 Å². The number of carbonyl (C=O) groups is 1. The highest BCUT2D eigenvalue weighted by Gasteiger charge is 2.19. The van der Waals surface area contributed by atoms with E-state index in [1.807, 2.05) is 36.4 Å². The summed E-state index contributed by atoms with van der Waals surface area (Å²) in [5.41, 5.74) is 2.47. The summed E-state index contributed by atoms with van der Waals surface area (Å²) >= 11 is 6.24. The van der Waals surface area contributed by atoms with E-state index in [2.05, 4.69) is 10.3 Å². The number of halogens is 1. The van der Waals surface area contributed by atoms with Gasteiger partial charge in [0, 0.05) is 23.6 Å². The molecule has 0 unspecified atom stereocenters. The summed E-state index contributed by atoms with van der Waals surface area (Å²) < 4.78 is 11.3. The molecule has 178 valence electrons. The van der Waals surface area contributed by atoms with Crippen molar-refractivity contribution < 1.29 is 14.3 Å². The zero-order valence-electron chi connectivity index (χ0n) is 18.9. The molecule has 5 rings (SSSR count). The largest absolute Gasteiger partial charge is 0.486 e. The van der Waals surface area contributed by atoms with Crippen LogP contribution >= 0.6 is 11.6 Å². The number of para-hydroxylation sites is 1. The molecule has 0 fully saturated rings. The van der Waals surface area contributed by atoms with Gasteiger partial charge in [-0.25, -0.2) is 4.79 Å². The van der Waals surface area contributed by atoms with E-state index >= 15 is 0 Å². The fourth-order valence-corrected chi connectivity index (χ4v) is 4.21. The number of hydrogen-bond donors (Lipinski definition) is 2. The number of ether oxygens (including phenoxy) is 2. The molecule has 8 heteroatoms. The third kappa shape index (κ3) is 5.25. The summed E-state index contributed by atoms with van der Waals surface area (Å²) in [5.74, 6) is 1.25. The summed E-state index contributed by atoms with van der Waals surface area (Å²) in [6.45, 7) is 1.49. The Bertz CT molecular complexity index is 1420. The van der Waals surface area contributed by atoms with E-state index in [-0.39, 0.29) is 18.1 Å². The molecule has 0 saturated carbocycles. The maximum absolute atomic E-state index is 13.3. The number of fused-ring (bicyclic) bond motifs is 2. The van der Waals surface area contributed by atoms with Gasteiger partial charge in [-0.1, -0.05) is 54.1 Å². The molecule has 2 heterocycles. The molecule has 1 aliphatic heterocycles. The van der Waals surface area contributed by atoms with Crippen molar-refractivity contribution in [2.75, 3.05) is 25.1 Å². The average molecular weight is 490 g/mol. The highest BCUT2D eigenvalue weighted by molar-refractivity contribution is 6.33. The van der Waals surface area contributed by atoms with Gasteiger partial charge in [0.15, 0.2) is 11.5 Å². The van der Waals surface area contributed by atoms with Crippen molar-refractivity contribution >= 4 is 34.2 Å². The molecule has 3 aromatic carbocycles. The Hall–Kier alpha value is -3.97. The molecule has 0 atom stereocenters. The lowest BCUT2D eigenvalue weighted by molar-refractivity contribution is 0.172. The number of carbonyl (C=O) groups excluding carboxylic acids is 1. The van der Waals surface area contributed by atoms with Crippen molar-refractivity contribution in [2.45, 2.75) is 13.0 Å². The van der Waals surface area contributed by atoms with Crippen LogP contribution in [0.5, 0.6) is 11.5 Å². The van der Waals surface area contributed by atoms with Gasteiger partial charge in [-0.2, -0.15) is 0 Å². The zero-order chi connectivity index (χ0) is 24.2. The van der Waals surface area contributed by atoms with Crippen molar-refractivity contribution in [1.82, 2.24) is 9.88 Å². The van der Waals surface area contributed by atoms with E-state index < -0.39 is 0 Å². The van der Waals surface area contributed by atoms with E-state index in [4.69, 9.17) is 21.1 Å². The lowest BCUT2D eigenvalue weighted by Gasteiger charge is -2.24. The smallest absolute Gasteiger partial charge is 0.322 e. The van der Waals surface area contributed by atoms with Crippen LogP contribution in [-0.2, 0) is 13.0 Å². The number of amides is 2. The normalized spacial score (nSPS) is 12.4. The monoisotopic (exact) mass is 489 g/mol. The van der Waals surface area contributed by atoms with Crippen LogP contribution in [0.25, 0.3) is 10.9 Å². The number of rotatable bonds is 6. The Balaban J connectivity index is 1.43. The molecule has 7 nitrogen and oxygen atoms in total. The summed E-state index contributed by atoms with van der Waals surface area (Å²) in [7, 11) is 0. The van der Waals surface area contributed by atoms with Crippen molar-refractivity contribution in [3.63, 3.8) is 0 Å². The first-order chi connectivity index (χ1) is 17.1. The predicted octanol–water partition coefficient (Wildman–Crippen LogP) is 5.23. The second kappa shape index (κ2) is 10.1. The van der Waals surface area contributed by atoms with Gasteiger partial charge in [-0.05, 0) is 36.2 Å². The molecule has 0 aliphatic carbocycles. The Kier molecular flexibility index (Phi) is 6.59. The van der Waals surface area contributed by atoms with Gasteiger partial charge >= 0.3 is 6.03 Å². The van der Waals surface area contributed by atoms with Crippen LogP contribution in [-0.4, -0.2) is 35.7 Å². The van der Waals surface area contributed by atoms with Crippen molar-refractivity contribution in [3.8, 4) is 11.5 Å². The number of anilines is 1. The second-order valence-electron chi connectivity index (χ2n) is 8.27. The molecule has 1 aliphatic rings. The van der Waals surface area contributed by atoms with Crippen molar-refractivity contribution in [3.05, 3.63) is 99.3 Å². The van der Waals surface area contributed by atoms with E-state index in [9.17, 15) is 9.59 Å². The lowest BCUT2D eigenvalue weighted by atomic mass is 10.1. The van der Waals surface area contributed by atoms with Crippen molar-refractivity contribution in [1.29, 1.82) is 0 Å². The molecular weight excluding hydrogens is 466 g/mol. The Morgan fingerprint density at radius 3 is 2.46 bits per heavy atom. The summed E-state index contributed by atoms with van der Waals surface area (Å²) in [6, 6.07) is 22.0. The average Bonchev–Trinajstić information content (AvgIpc) is 2.87. The SMILES string of the molecule is O=C(Nc1ccccc1Cl)N(CCc1ccccc1)Cc1cc2cc3c(cc2[nH]c1=O)OCCO3. The van der Waals surface area contributed by atoms with Gasteiger partial charge in [-0.15, -0.1) is 0 Å². The first-order valence-corrected chi connectivity index (χ1v) is 11.7. The quantitative estimate of drug-likeness (QED) is 0.388. The standard InChI is InChI=1S/C27H24ClN3O4/c28-21-8-4-5-9-22(21)30-27(33)31(11-10-18-6-2-1-3-7-18)17-20-14-19-15-24-25(35-13-12-34-24)16-23(19)29-26(20)32/h1-9,14-16H,10-13,17H2,(H,29,32)(H,30,33). The summed E-state index contributed by atoms with van der Waals surface area (Å²) in [6.07, 6.45) is 0.640. The van der Waals surface area contributed by atoms with E-state index in [1.54, 1.807) is 41.3 Å². The van der Waals surface area contributed by atoms with Gasteiger partial charge in [0.1, 0.15) is 13.2 Å². The number of aromatic nitrogens is 1. The number of pyridine rings is 1. The van der Waals surface area contributed by atoms with Crippen LogP contribution in [0, 0.1) is 0 Å². The third-order valence-electron chi connectivity index (χ3n) is 5.86. The maximum Gasteiger partial charge on any atom is 0.322 e. The Morgan fingerprint density at radius 2 is 1.69 bits per heavy atom. The molecule has 0 saturated heterocycles. The number of benzene rings is 3. The number of aromatic amines is 1. The summed E-state index contributed by atoms with van der Waals surface area (Å²) in [4.78, 5) is 30.7. The fourth-order valence-electron chi connectivity index (χ4n) is 4.03. The number of nitrogens with zero attached hydrogens (tertiary/aromatic N) is 1. The number of H-pyrrole nitrogens is 1. The number of nitrogens with one attached hydrogen (secondary N) is 2. The van der Waals surface area contributed by atoms with Crippen LogP contribution in [0.2, 0.25) is 5.02 Å². The van der Waals surface area contributed by atoms with Crippen LogP contribution in [0.1, 0.15) is 11.1 Å². The van der Waals surface area contributed by atoms with Gasteiger partial charge in [0.25, 0.3) is 5.56 Å². The molecule has 2 N–H and O–H groups in total.